The number of aromatic hydroxyl groups is 1. The van der Waals surface area contributed by atoms with Gasteiger partial charge in [-0.3, -0.25) is 0 Å². The van der Waals surface area contributed by atoms with Gasteiger partial charge >= 0.3 is 0 Å². The third-order valence-corrected chi connectivity index (χ3v) is 3.60. The first-order valence-electron chi connectivity index (χ1n) is 6.28. The summed E-state index contributed by atoms with van der Waals surface area (Å²) in [5, 5.41) is 11.8. The topological polar surface area (TPSA) is 25.2 Å². The van der Waals surface area contributed by atoms with Gasteiger partial charge in [-0.1, -0.05) is 29.8 Å². The van der Waals surface area contributed by atoms with E-state index in [1.54, 1.807) is 12.1 Å². The maximum absolute atomic E-state index is 10.1. The molecule has 3 aromatic rings. The molecule has 0 aliphatic rings. The lowest BCUT2D eigenvalue weighted by Gasteiger charge is -2.09. The van der Waals surface area contributed by atoms with Gasteiger partial charge in [-0.25, -0.2) is 0 Å². The molecule has 0 bridgehead atoms. The molecule has 2 nitrogen and oxygen atoms in total. The highest BCUT2D eigenvalue weighted by molar-refractivity contribution is 6.30. The van der Waals surface area contributed by atoms with Gasteiger partial charge in [0.1, 0.15) is 5.75 Å². The van der Waals surface area contributed by atoms with Crippen molar-refractivity contribution < 1.29 is 5.11 Å². The fourth-order valence-corrected chi connectivity index (χ4v) is 2.66. The van der Waals surface area contributed by atoms with Crippen LogP contribution in [0.25, 0.3) is 22.2 Å². The van der Waals surface area contributed by atoms with Crippen molar-refractivity contribution in [1.82, 2.24) is 4.57 Å². The van der Waals surface area contributed by atoms with Crippen LogP contribution in [0.3, 0.4) is 0 Å². The number of hydrogen-bond donors (Lipinski definition) is 1. The smallest absolute Gasteiger partial charge is 0.126 e. The summed E-state index contributed by atoms with van der Waals surface area (Å²) >= 11 is 5.89. The van der Waals surface area contributed by atoms with Gasteiger partial charge in [-0.15, -0.1) is 0 Å². The quantitative estimate of drug-likeness (QED) is 0.719. The Bertz CT molecular complexity index is 746. The minimum Gasteiger partial charge on any atom is -0.507 e. The van der Waals surface area contributed by atoms with Crippen molar-refractivity contribution in [2.45, 2.75) is 13.5 Å². The van der Waals surface area contributed by atoms with Crippen LogP contribution in [0.2, 0.25) is 5.02 Å². The zero-order chi connectivity index (χ0) is 13.4. The van der Waals surface area contributed by atoms with Crippen LogP contribution >= 0.6 is 11.6 Å². The highest BCUT2D eigenvalue weighted by Gasteiger charge is 2.12. The van der Waals surface area contributed by atoms with Crippen molar-refractivity contribution in [3.8, 4) is 17.0 Å². The molecular weight excluding hydrogens is 258 g/mol. The van der Waals surface area contributed by atoms with Crippen LogP contribution in [-0.4, -0.2) is 9.67 Å². The van der Waals surface area contributed by atoms with E-state index < -0.39 is 0 Å². The molecule has 96 valence electrons. The van der Waals surface area contributed by atoms with Crippen molar-refractivity contribution >= 4 is 22.5 Å². The summed E-state index contributed by atoms with van der Waals surface area (Å²) in [6.45, 7) is 2.95. The van der Waals surface area contributed by atoms with Gasteiger partial charge in [0.15, 0.2) is 0 Å². The Labute approximate surface area is 116 Å². The van der Waals surface area contributed by atoms with E-state index in [1.165, 1.54) is 10.9 Å². The van der Waals surface area contributed by atoms with E-state index >= 15 is 0 Å². The summed E-state index contributed by atoms with van der Waals surface area (Å²) in [4.78, 5) is 0. The zero-order valence-corrected chi connectivity index (χ0v) is 11.4. The Balaban J connectivity index is 2.30. The zero-order valence-electron chi connectivity index (χ0n) is 10.6. The molecule has 0 fully saturated rings. The summed E-state index contributed by atoms with van der Waals surface area (Å²) < 4.78 is 2.19. The van der Waals surface area contributed by atoms with E-state index in [2.05, 4.69) is 29.7 Å². The Morgan fingerprint density at radius 2 is 1.89 bits per heavy atom. The van der Waals surface area contributed by atoms with E-state index in [0.717, 1.165) is 17.8 Å². The Morgan fingerprint density at radius 1 is 1.11 bits per heavy atom. The lowest BCUT2D eigenvalue weighted by molar-refractivity contribution is 0.477. The predicted octanol–water partition coefficient (Wildman–Crippen LogP) is 4.69. The lowest BCUT2D eigenvalue weighted by atomic mass is 10.1. The summed E-state index contributed by atoms with van der Waals surface area (Å²) in [6, 6.07) is 15.6. The Morgan fingerprint density at radius 3 is 2.63 bits per heavy atom. The van der Waals surface area contributed by atoms with Gasteiger partial charge in [0.25, 0.3) is 0 Å². The molecular formula is C16H14ClNO. The molecule has 0 atom stereocenters. The Kier molecular flexibility index (Phi) is 2.96. The van der Waals surface area contributed by atoms with Crippen LogP contribution in [0, 0.1) is 0 Å². The molecule has 2 aromatic carbocycles. The molecule has 19 heavy (non-hydrogen) atoms. The number of rotatable bonds is 2. The van der Waals surface area contributed by atoms with Crippen LogP contribution < -0.4 is 0 Å². The van der Waals surface area contributed by atoms with Gasteiger partial charge in [-0.05, 0) is 37.3 Å². The number of halogens is 1. The average molecular weight is 272 g/mol. The third kappa shape index (κ3) is 1.98. The second kappa shape index (κ2) is 4.63. The second-order valence-corrected chi connectivity index (χ2v) is 4.93. The summed E-state index contributed by atoms with van der Waals surface area (Å²) in [5.41, 5.74) is 3.00. The molecule has 0 radical (unpaired) electrons. The summed E-state index contributed by atoms with van der Waals surface area (Å²) in [6.07, 6.45) is 0. The molecule has 0 spiro atoms. The number of benzene rings is 2. The van der Waals surface area contributed by atoms with E-state index in [4.69, 9.17) is 11.6 Å². The van der Waals surface area contributed by atoms with Gasteiger partial charge in [0, 0.05) is 28.0 Å². The molecule has 0 aliphatic heterocycles. The highest BCUT2D eigenvalue weighted by atomic mass is 35.5. The molecule has 1 N–H and O–H groups in total. The van der Waals surface area contributed by atoms with Crippen molar-refractivity contribution in [3.05, 3.63) is 53.6 Å². The number of hydrogen-bond acceptors (Lipinski definition) is 1. The third-order valence-electron chi connectivity index (χ3n) is 3.36. The van der Waals surface area contributed by atoms with E-state index in [1.807, 2.05) is 18.2 Å². The maximum Gasteiger partial charge on any atom is 0.126 e. The number of nitrogens with zero attached hydrogens (tertiary/aromatic N) is 1. The number of phenols is 1. The Hall–Kier alpha value is -1.93. The predicted molar refractivity (Wildman–Crippen MR) is 79.7 cm³/mol. The molecule has 0 saturated heterocycles. The van der Waals surface area contributed by atoms with Gasteiger partial charge in [-0.2, -0.15) is 0 Å². The summed E-state index contributed by atoms with van der Waals surface area (Å²) in [5.74, 6) is 0.213. The monoisotopic (exact) mass is 271 g/mol. The first-order chi connectivity index (χ1) is 9.20. The van der Waals surface area contributed by atoms with Crippen molar-refractivity contribution in [2.75, 3.05) is 0 Å². The average Bonchev–Trinajstić information content (AvgIpc) is 2.76. The van der Waals surface area contributed by atoms with Crippen molar-refractivity contribution in [2.24, 2.45) is 0 Å². The molecule has 1 aromatic heterocycles. The highest BCUT2D eigenvalue weighted by Crippen LogP contribution is 2.35. The number of aromatic nitrogens is 1. The van der Waals surface area contributed by atoms with Gasteiger partial charge in [0.2, 0.25) is 0 Å². The number of aryl methyl sites for hydroxylation is 1. The van der Waals surface area contributed by atoms with Crippen LogP contribution in [0.1, 0.15) is 6.92 Å². The molecule has 1 heterocycles. The molecule has 3 heteroatoms. The standard InChI is InChI=1S/C16H14ClNO/c1-2-18-14-6-4-3-5-11(14)9-15(18)13-8-7-12(17)10-16(13)19/h3-10,19H,2H2,1H3. The van der Waals surface area contributed by atoms with Crippen LogP contribution in [-0.2, 0) is 6.54 Å². The molecule has 0 aliphatic carbocycles. The number of para-hydroxylation sites is 1. The first-order valence-corrected chi connectivity index (χ1v) is 6.65. The van der Waals surface area contributed by atoms with Crippen molar-refractivity contribution in [3.63, 3.8) is 0 Å². The van der Waals surface area contributed by atoms with Gasteiger partial charge < -0.3 is 9.67 Å². The fourth-order valence-electron chi connectivity index (χ4n) is 2.50. The molecule has 0 amide bonds. The minimum atomic E-state index is 0.213. The summed E-state index contributed by atoms with van der Waals surface area (Å²) in [7, 11) is 0. The molecule has 3 rings (SSSR count). The lowest BCUT2D eigenvalue weighted by Crippen LogP contribution is -1.96. The molecule has 0 saturated carbocycles. The van der Waals surface area contributed by atoms with Crippen LogP contribution in [0.4, 0.5) is 0 Å². The minimum absolute atomic E-state index is 0.213. The largest absolute Gasteiger partial charge is 0.507 e. The number of phenolic OH excluding ortho intramolecular Hbond substituents is 1. The second-order valence-electron chi connectivity index (χ2n) is 4.49. The van der Waals surface area contributed by atoms with Gasteiger partial charge in [0.05, 0.1) is 5.69 Å². The van der Waals surface area contributed by atoms with E-state index in [0.29, 0.717) is 5.02 Å². The van der Waals surface area contributed by atoms with Crippen molar-refractivity contribution in [1.29, 1.82) is 0 Å². The fraction of sp³-hybridized carbons (Fsp3) is 0.125. The SMILES string of the molecule is CCn1c(-c2ccc(Cl)cc2O)cc2ccccc21. The van der Waals surface area contributed by atoms with Crippen LogP contribution in [0.5, 0.6) is 5.75 Å². The van der Waals surface area contributed by atoms with E-state index in [9.17, 15) is 5.11 Å². The first kappa shape index (κ1) is 12.1. The van der Waals surface area contributed by atoms with E-state index in [-0.39, 0.29) is 5.75 Å². The molecule has 0 unspecified atom stereocenters. The maximum atomic E-state index is 10.1. The number of fused-ring (bicyclic) bond motifs is 1. The van der Waals surface area contributed by atoms with Crippen LogP contribution in [0.15, 0.2) is 48.5 Å². The normalized spacial score (nSPS) is 11.1.